The summed E-state index contributed by atoms with van der Waals surface area (Å²) in [6, 6.07) is 19.3. The van der Waals surface area contributed by atoms with Crippen LogP contribution < -0.4 is 26.2 Å². The number of nitrogens with zero attached hydrogens (tertiary/aromatic N) is 1. The van der Waals surface area contributed by atoms with Gasteiger partial charge in [0, 0.05) is 34.7 Å². The number of hydrogen-bond acceptors (Lipinski definition) is 5. The number of ether oxygens (including phenoxy) is 1. The molecule has 4 aromatic rings. The molecule has 0 bridgehead atoms. The smallest absolute Gasteiger partial charge is 0.416 e. The molecule has 0 aliphatic carbocycles. The van der Waals surface area contributed by atoms with Crippen LogP contribution in [0, 0.1) is 0 Å². The molecule has 3 aromatic carbocycles. The van der Waals surface area contributed by atoms with Gasteiger partial charge in [0.2, 0.25) is 0 Å². The molecule has 0 atom stereocenters. The molecule has 1 heterocycles. The van der Waals surface area contributed by atoms with E-state index in [1.54, 1.807) is 54.6 Å². The summed E-state index contributed by atoms with van der Waals surface area (Å²) in [5.74, 6) is -0.577. The standard InChI is InChI=1S/C29H21ClF3N5O4/c30-20-6-1-18(2-7-20)3-14-26(39)37-38-27(40)25-17-24(15-16-34-25)42-23-12-10-22(11-13-23)36-28(41)35-21-8-4-19(5-9-21)29(31,32)33/h1-17H,(H,37,39)(H,38,40)(H2,35,36,41)/b14-3+. The van der Waals surface area contributed by atoms with Crippen LogP contribution >= 0.6 is 11.6 Å². The number of rotatable bonds is 7. The van der Waals surface area contributed by atoms with Crippen molar-refractivity contribution in [3.05, 3.63) is 119 Å². The summed E-state index contributed by atoms with van der Waals surface area (Å²) in [5, 5.41) is 5.57. The fourth-order valence-electron chi connectivity index (χ4n) is 3.35. The fraction of sp³-hybridized carbons (Fsp3) is 0.0345. The van der Waals surface area contributed by atoms with Crippen molar-refractivity contribution in [2.45, 2.75) is 6.18 Å². The molecule has 0 aliphatic rings. The van der Waals surface area contributed by atoms with Crippen molar-refractivity contribution in [1.29, 1.82) is 0 Å². The Kier molecular flexibility index (Phi) is 9.40. The number of nitrogens with one attached hydrogen (secondary N) is 4. The van der Waals surface area contributed by atoms with E-state index in [2.05, 4.69) is 26.5 Å². The number of amides is 4. The van der Waals surface area contributed by atoms with Crippen molar-refractivity contribution in [1.82, 2.24) is 15.8 Å². The van der Waals surface area contributed by atoms with Crippen molar-refractivity contribution < 1.29 is 32.3 Å². The van der Waals surface area contributed by atoms with E-state index in [1.807, 2.05) is 0 Å². The van der Waals surface area contributed by atoms with Crippen LogP contribution in [0.4, 0.5) is 29.3 Å². The van der Waals surface area contributed by atoms with E-state index >= 15 is 0 Å². The first kappa shape index (κ1) is 29.6. The predicted octanol–water partition coefficient (Wildman–Crippen LogP) is 6.66. The number of pyridine rings is 1. The zero-order valence-corrected chi connectivity index (χ0v) is 22.2. The summed E-state index contributed by atoms with van der Waals surface area (Å²) in [4.78, 5) is 40.6. The van der Waals surface area contributed by atoms with Gasteiger partial charge in [-0.15, -0.1) is 0 Å². The van der Waals surface area contributed by atoms with Gasteiger partial charge in [0.25, 0.3) is 11.8 Å². The van der Waals surface area contributed by atoms with Crippen LogP contribution in [-0.2, 0) is 11.0 Å². The lowest BCUT2D eigenvalue weighted by molar-refractivity contribution is -0.137. The van der Waals surface area contributed by atoms with Gasteiger partial charge in [-0.05, 0) is 78.4 Å². The van der Waals surface area contributed by atoms with E-state index < -0.39 is 29.6 Å². The largest absolute Gasteiger partial charge is 0.457 e. The van der Waals surface area contributed by atoms with Gasteiger partial charge in [0.15, 0.2) is 0 Å². The highest BCUT2D eigenvalue weighted by Gasteiger charge is 2.30. The Morgan fingerprint density at radius 2 is 1.40 bits per heavy atom. The molecule has 0 aliphatic heterocycles. The van der Waals surface area contributed by atoms with Gasteiger partial charge in [0.05, 0.1) is 5.56 Å². The molecule has 13 heteroatoms. The Bertz CT molecular complexity index is 1590. The van der Waals surface area contributed by atoms with Gasteiger partial charge in [-0.3, -0.25) is 25.4 Å². The number of halogens is 4. The normalized spacial score (nSPS) is 11.0. The molecule has 4 amide bonds. The van der Waals surface area contributed by atoms with Crippen molar-refractivity contribution in [3.63, 3.8) is 0 Å². The Balaban J connectivity index is 1.26. The van der Waals surface area contributed by atoms with Crippen molar-refractivity contribution in [2.75, 3.05) is 10.6 Å². The maximum Gasteiger partial charge on any atom is 0.416 e. The van der Waals surface area contributed by atoms with Gasteiger partial charge < -0.3 is 15.4 Å². The number of anilines is 2. The van der Waals surface area contributed by atoms with Crippen LogP contribution in [0.1, 0.15) is 21.6 Å². The van der Waals surface area contributed by atoms with E-state index in [-0.39, 0.29) is 17.1 Å². The van der Waals surface area contributed by atoms with Crippen molar-refractivity contribution in [2.24, 2.45) is 0 Å². The summed E-state index contributed by atoms with van der Waals surface area (Å²) in [7, 11) is 0. The van der Waals surface area contributed by atoms with Gasteiger partial charge in [0.1, 0.15) is 17.2 Å². The number of urea groups is 1. The molecular formula is C29H21ClF3N5O4. The zero-order valence-electron chi connectivity index (χ0n) is 21.4. The topological polar surface area (TPSA) is 121 Å². The minimum Gasteiger partial charge on any atom is -0.457 e. The minimum absolute atomic E-state index is 0.0206. The number of aromatic nitrogens is 1. The molecule has 9 nitrogen and oxygen atoms in total. The van der Waals surface area contributed by atoms with E-state index in [9.17, 15) is 27.6 Å². The van der Waals surface area contributed by atoms with Gasteiger partial charge >= 0.3 is 12.2 Å². The van der Waals surface area contributed by atoms with Crippen LogP contribution in [0.5, 0.6) is 11.5 Å². The summed E-state index contributed by atoms with van der Waals surface area (Å²) < 4.78 is 43.8. The lowest BCUT2D eigenvalue weighted by Gasteiger charge is -2.11. The Morgan fingerprint density at radius 3 is 2.02 bits per heavy atom. The third-order valence-electron chi connectivity index (χ3n) is 5.38. The zero-order chi connectivity index (χ0) is 30.1. The summed E-state index contributed by atoms with van der Waals surface area (Å²) in [6.45, 7) is 0. The highest BCUT2D eigenvalue weighted by atomic mass is 35.5. The van der Waals surface area contributed by atoms with Gasteiger partial charge in [-0.2, -0.15) is 13.2 Å². The first-order valence-corrected chi connectivity index (χ1v) is 12.5. The molecule has 0 fully saturated rings. The number of benzene rings is 3. The highest BCUT2D eigenvalue weighted by molar-refractivity contribution is 6.30. The summed E-state index contributed by atoms with van der Waals surface area (Å²) in [6.07, 6.45) is -0.317. The van der Waals surface area contributed by atoms with Crippen molar-refractivity contribution in [3.8, 4) is 11.5 Å². The molecule has 0 unspecified atom stereocenters. The first-order chi connectivity index (χ1) is 20.0. The average Bonchev–Trinajstić information content (AvgIpc) is 2.96. The molecule has 0 saturated heterocycles. The second-order valence-electron chi connectivity index (χ2n) is 8.49. The molecule has 214 valence electrons. The maximum atomic E-state index is 12.7. The fourth-order valence-corrected chi connectivity index (χ4v) is 3.47. The van der Waals surface area contributed by atoms with E-state index in [1.165, 1.54) is 24.4 Å². The Labute approximate surface area is 242 Å². The number of carbonyl (C=O) groups is 3. The molecule has 0 radical (unpaired) electrons. The Morgan fingerprint density at radius 1 is 0.786 bits per heavy atom. The monoisotopic (exact) mass is 595 g/mol. The van der Waals surface area contributed by atoms with Crippen LogP contribution in [0.25, 0.3) is 6.08 Å². The predicted molar refractivity (Wildman–Crippen MR) is 151 cm³/mol. The third-order valence-corrected chi connectivity index (χ3v) is 5.63. The van der Waals surface area contributed by atoms with Crippen molar-refractivity contribution >= 4 is 46.9 Å². The number of hydrazine groups is 1. The summed E-state index contributed by atoms with van der Waals surface area (Å²) >= 11 is 5.83. The first-order valence-electron chi connectivity index (χ1n) is 12.1. The van der Waals surface area contributed by atoms with Crippen LogP contribution in [0.2, 0.25) is 5.02 Å². The number of hydrogen-bond donors (Lipinski definition) is 4. The van der Waals surface area contributed by atoms with E-state index in [4.69, 9.17) is 16.3 Å². The number of alkyl halides is 3. The molecule has 1 aromatic heterocycles. The lowest BCUT2D eigenvalue weighted by Crippen LogP contribution is -2.41. The molecule has 42 heavy (non-hydrogen) atoms. The van der Waals surface area contributed by atoms with Crippen LogP contribution in [0.15, 0.2) is 97.2 Å². The molecule has 0 spiro atoms. The number of carbonyl (C=O) groups excluding carboxylic acids is 3. The molecule has 4 rings (SSSR count). The van der Waals surface area contributed by atoms with Gasteiger partial charge in [-0.25, -0.2) is 4.79 Å². The van der Waals surface area contributed by atoms with E-state index in [0.717, 1.165) is 29.8 Å². The second-order valence-corrected chi connectivity index (χ2v) is 8.92. The quantitative estimate of drug-likeness (QED) is 0.141. The lowest BCUT2D eigenvalue weighted by atomic mass is 10.2. The Hall–Kier alpha value is -5.36. The maximum absolute atomic E-state index is 12.7. The van der Waals surface area contributed by atoms with Crippen LogP contribution in [-0.4, -0.2) is 22.8 Å². The molecular weight excluding hydrogens is 575 g/mol. The summed E-state index contributed by atoms with van der Waals surface area (Å²) in [5.41, 5.74) is 5.01. The third kappa shape index (κ3) is 8.83. The SMILES string of the molecule is O=C(/C=C/c1ccc(Cl)cc1)NNC(=O)c1cc(Oc2ccc(NC(=O)Nc3ccc(C(F)(F)F)cc3)cc2)ccn1. The van der Waals surface area contributed by atoms with E-state index in [0.29, 0.717) is 16.5 Å². The second kappa shape index (κ2) is 13.3. The minimum atomic E-state index is -4.47. The highest BCUT2D eigenvalue weighted by Crippen LogP contribution is 2.30. The van der Waals surface area contributed by atoms with Gasteiger partial charge in [-0.1, -0.05) is 23.7 Å². The van der Waals surface area contributed by atoms with Crippen LogP contribution in [0.3, 0.4) is 0 Å². The molecule has 0 saturated carbocycles. The average molecular weight is 596 g/mol. The molecule has 4 N–H and O–H groups in total.